The van der Waals surface area contributed by atoms with E-state index < -0.39 is 11.9 Å². The summed E-state index contributed by atoms with van der Waals surface area (Å²) in [7, 11) is 0. The highest BCUT2D eigenvalue weighted by atomic mass is 16.4. The van der Waals surface area contributed by atoms with E-state index in [2.05, 4.69) is 10.1 Å². The fourth-order valence-electron chi connectivity index (χ4n) is 2.41. The molecule has 8 nitrogen and oxygen atoms in total. The molecule has 0 fully saturated rings. The molecule has 0 aliphatic heterocycles. The summed E-state index contributed by atoms with van der Waals surface area (Å²) in [6.45, 7) is 1.63. The number of carboxylic acids is 2. The lowest BCUT2D eigenvalue weighted by Gasteiger charge is -2.04. The van der Waals surface area contributed by atoms with Crippen LogP contribution in [0.3, 0.4) is 0 Å². The minimum Gasteiger partial charge on any atom is -0.478 e. The van der Waals surface area contributed by atoms with Gasteiger partial charge in [-0.3, -0.25) is 4.79 Å². The van der Waals surface area contributed by atoms with Crippen LogP contribution in [0, 0.1) is 6.92 Å². The third-order valence-corrected chi connectivity index (χ3v) is 3.43. The highest BCUT2D eigenvalue weighted by molar-refractivity contribution is 6.02. The van der Waals surface area contributed by atoms with Crippen LogP contribution in [0.1, 0.15) is 26.4 Å². The van der Waals surface area contributed by atoms with E-state index in [-0.39, 0.29) is 22.5 Å². The number of rotatable bonds is 3. The number of nitrogens with one attached hydrogen (secondary N) is 1. The number of benzene rings is 1. The van der Waals surface area contributed by atoms with Crippen molar-refractivity contribution in [3.63, 3.8) is 0 Å². The molecule has 3 aromatic rings. The maximum atomic E-state index is 11.7. The molecular weight excluding hydrogens is 302 g/mol. The average molecular weight is 313 g/mol. The monoisotopic (exact) mass is 313 g/mol. The number of carboxylic acid groups (broad SMARTS) is 2. The highest BCUT2D eigenvalue weighted by Crippen LogP contribution is 2.22. The number of pyridine rings is 1. The number of H-pyrrole nitrogens is 1. The van der Waals surface area contributed by atoms with Crippen molar-refractivity contribution in [3.8, 4) is 5.69 Å². The zero-order chi connectivity index (χ0) is 16.7. The predicted octanol–water partition coefficient (Wildman–Crippen LogP) is 1.42. The fraction of sp³-hybridized carbons (Fsp3) is 0.0667. The fourth-order valence-corrected chi connectivity index (χ4v) is 2.41. The molecule has 0 aliphatic rings. The standard InChI is InChI=1S/C15H11N3O5/c1-7-6-10(19)16-13-11(7)12(15(22)23)17-18(13)9-4-2-8(3-5-9)14(20)21/h2-6H,1H3,(H,16,19)(H,20,21)(H,22,23). The van der Waals surface area contributed by atoms with Crippen molar-refractivity contribution in [1.29, 1.82) is 0 Å². The Morgan fingerprint density at radius 1 is 1.13 bits per heavy atom. The zero-order valence-electron chi connectivity index (χ0n) is 11.9. The summed E-state index contributed by atoms with van der Waals surface area (Å²) < 4.78 is 1.28. The molecule has 0 unspecified atom stereocenters. The van der Waals surface area contributed by atoms with Gasteiger partial charge in [-0.25, -0.2) is 14.3 Å². The topological polar surface area (TPSA) is 125 Å². The van der Waals surface area contributed by atoms with Gasteiger partial charge in [0.15, 0.2) is 5.69 Å². The molecule has 2 heterocycles. The Labute approximate surface area is 128 Å². The number of carbonyl (C=O) groups is 2. The van der Waals surface area contributed by atoms with Crippen LogP contribution in [0.15, 0.2) is 35.1 Å². The number of aromatic carboxylic acids is 2. The number of fused-ring (bicyclic) bond motifs is 1. The molecule has 0 aliphatic carbocycles. The Balaban J connectivity index is 2.31. The van der Waals surface area contributed by atoms with Gasteiger partial charge in [-0.1, -0.05) is 0 Å². The molecule has 0 radical (unpaired) electrons. The lowest BCUT2D eigenvalue weighted by atomic mass is 10.1. The lowest BCUT2D eigenvalue weighted by Crippen LogP contribution is -2.08. The van der Waals surface area contributed by atoms with E-state index in [9.17, 15) is 19.5 Å². The Morgan fingerprint density at radius 2 is 1.78 bits per heavy atom. The SMILES string of the molecule is Cc1cc(=O)[nH]c2c1c(C(=O)O)nn2-c1ccc(C(=O)O)cc1. The van der Waals surface area contributed by atoms with Gasteiger partial charge in [-0.2, -0.15) is 5.10 Å². The van der Waals surface area contributed by atoms with Crippen molar-refractivity contribution in [2.24, 2.45) is 0 Å². The summed E-state index contributed by atoms with van der Waals surface area (Å²) in [4.78, 5) is 36.6. The number of nitrogens with zero attached hydrogens (tertiary/aromatic N) is 2. The Bertz CT molecular complexity index is 998. The Kier molecular flexibility index (Phi) is 3.21. The summed E-state index contributed by atoms with van der Waals surface area (Å²) in [6, 6.07) is 7.03. The first-order valence-corrected chi connectivity index (χ1v) is 6.58. The second kappa shape index (κ2) is 5.09. The lowest BCUT2D eigenvalue weighted by molar-refractivity contribution is 0.0683. The molecule has 116 valence electrons. The Morgan fingerprint density at radius 3 is 2.35 bits per heavy atom. The molecule has 0 saturated carbocycles. The minimum absolute atomic E-state index is 0.0911. The maximum Gasteiger partial charge on any atom is 0.357 e. The highest BCUT2D eigenvalue weighted by Gasteiger charge is 2.20. The van der Waals surface area contributed by atoms with Crippen LogP contribution in [0.25, 0.3) is 16.7 Å². The van der Waals surface area contributed by atoms with E-state index in [0.29, 0.717) is 16.6 Å². The van der Waals surface area contributed by atoms with Crippen LogP contribution >= 0.6 is 0 Å². The number of aromatic nitrogens is 3. The summed E-state index contributed by atoms with van der Waals surface area (Å²) >= 11 is 0. The van der Waals surface area contributed by atoms with E-state index in [1.54, 1.807) is 6.92 Å². The molecule has 3 rings (SSSR count). The van der Waals surface area contributed by atoms with E-state index in [0.717, 1.165) is 0 Å². The molecule has 2 aromatic heterocycles. The van der Waals surface area contributed by atoms with Gasteiger partial charge in [-0.15, -0.1) is 0 Å². The molecular formula is C15H11N3O5. The van der Waals surface area contributed by atoms with Crippen LogP contribution in [0.5, 0.6) is 0 Å². The first-order valence-electron chi connectivity index (χ1n) is 6.58. The molecule has 0 bridgehead atoms. The van der Waals surface area contributed by atoms with E-state index >= 15 is 0 Å². The quantitative estimate of drug-likeness (QED) is 0.671. The molecule has 8 heteroatoms. The number of aryl methyl sites for hydroxylation is 1. The van der Waals surface area contributed by atoms with Gasteiger partial charge in [0.25, 0.3) is 0 Å². The van der Waals surface area contributed by atoms with Gasteiger partial charge in [0.05, 0.1) is 16.6 Å². The maximum absolute atomic E-state index is 11.7. The van der Waals surface area contributed by atoms with E-state index in [4.69, 9.17) is 5.11 Å². The summed E-state index contributed by atoms with van der Waals surface area (Å²) in [5.74, 6) is -2.29. The van der Waals surface area contributed by atoms with Crippen molar-refractivity contribution in [1.82, 2.24) is 14.8 Å². The summed E-state index contributed by atoms with van der Waals surface area (Å²) in [6.07, 6.45) is 0. The molecule has 0 saturated heterocycles. The van der Waals surface area contributed by atoms with Crippen LogP contribution in [0.4, 0.5) is 0 Å². The van der Waals surface area contributed by atoms with Crippen molar-refractivity contribution in [3.05, 3.63) is 57.5 Å². The normalized spacial score (nSPS) is 10.8. The largest absolute Gasteiger partial charge is 0.478 e. The van der Waals surface area contributed by atoms with Gasteiger partial charge in [0.1, 0.15) is 5.65 Å². The van der Waals surface area contributed by atoms with Gasteiger partial charge < -0.3 is 15.2 Å². The minimum atomic E-state index is -1.22. The van der Waals surface area contributed by atoms with E-state index in [1.165, 1.54) is 35.0 Å². The average Bonchev–Trinajstić information content (AvgIpc) is 2.87. The van der Waals surface area contributed by atoms with Crippen LogP contribution in [-0.2, 0) is 0 Å². The zero-order valence-corrected chi connectivity index (χ0v) is 11.9. The predicted molar refractivity (Wildman–Crippen MR) is 80.3 cm³/mol. The third-order valence-electron chi connectivity index (χ3n) is 3.43. The second-order valence-corrected chi connectivity index (χ2v) is 4.96. The molecule has 23 heavy (non-hydrogen) atoms. The number of aromatic amines is 1. The smallest absolute Gasteiger partial charge is 0.357 e. The van der Waals surface area contributed by atoms with Gasteiger partial charge in [-0.05, 0) is 36.8 Å². The Hall–Kier alpha value is -3.42. The number of hydrogen-bond acceptors (Lipinski definition) is 4. The first-order chi connectivity index (χ1) is 10.9. The molecule has 0 amide bonds. The van der Waals surface area contributed by atoms with E-state index in [1.807, 2.05) is 0 Å². The van der Waals surface area contributed by atoms with Crippen LogP contribution in [0.2, 0.25) is 0 Å². The molecule has 0 spiro atoms. The van der Waals surface area contributed by atoms with Gasteiger partial charge in [0.2, 0.25) is 5.56 Å². The second-order valence-electron chi connectivity index (χ2n) is 4.96. The van der Waals surface area contributed by atoms with Crippen LogP contribution in [-0.4, -0.2) is 36.9 Å². The van der Waals surface area contributed by atoms with Crippen molar-refractivity contribution >= 4 is 23.0 Å². The van der Waals surface area contributed by atoms with Gasteiger partial charge >= 0.3 is 11.9 Å². The first kappa shape index (κ1) is 14.5. The summed E-state index contributed by atoms with van der Waals surface area (Å²) in [5, 5.41) is 22.6. The summed E-state index contributed by atoms with van der Waals surface area (Å²) in [5.41, 5.74) is 0.707. The van der Waals surface area contributed by atoms with Crippen LogP contribution < -0.4 is 5.56 Å². The molecule has 0 atom stereocenters. The van der Waals surface area contributed by atoms with Crippen molar-refractivity contribution in [2.75, 3.05) is 0 Å². The van der Waals surface area contributed by atoms with Crippen molar-refractivity contribution in [2.45, 2.75) is 6.92 Å². The third kappa shape index (κ3) is 2.35. The number of hydrogen-bond donors (Lipinski definition) is 3. The molecule has 3 N–H and O–H groups in total. The molecule has 1 aromatic carbocycles. The van der Waals surface area contributed by atoms with Crippen molar-refractivity contribution < 1.29 is 19.8 Å². The van der Waals surface area contributed by atoms with Gasteiger partial charge in [0, 0.05) is 6.07 Å².